The lowest BCUT2D eigenvalue weighted by atomic mass is 9.92. The summed E-state index contributed by atoms with van der Waals surface area (Å²) in [4.78, 5) is 24.8. The second-order valence-corrected chi connectivity index (χ2v) is 11.7. The van der Waals surface area contributed by atoms with E-state index in [1.165, 1.54) is 0 Å². The molecule has 4 aromatic rings. The van der Waals surface area contributed by atoms with E-state index in [0.717, 1.165) is 32.7 Å². The van der Waals surface area contributed by atoms with Gasteiger partial charge in [0.05, 0.1) is 26.1 Å². The van der Waals surface area contributed by atoms with Crippen LogP contribution in [-0.4, -0.2) is 36.4 Å². The molecule has 210 valence electrons. The first-order valence-corrected chi connectivity index (χ1v) is 13.6. The summed E-state index contributed by atoms with van der Waals surface area (Å²) in [6.07, 6.45) is 0.168. The van der Waals surface area contributed by atoms with E-state index in [4.69, 9.17) is 18.9 Å². The molecule has 0 aliphatic rings. The van der Waals surface area contributed by atoms with E-state index in [0.29, 0.717) is 11.5 Å². The number of fused-ring (bicyclic) bond motifs is 2. The van der Waals surface area contributed by atoms with Crippen molar-refractivity contribution in [2.24, 2.45) is 0 Å². The fourth-order valence-electron chi connectivity index (χ4n) is 4.53. The third-order valence-corrected chi connectivity index (χ3v) is 5.98. The van der Waals surface area contributed by atoms with Crippen LogP contribution in [0.25, 0.3) is 32.7 Å². The number of carbonyl (C=O) groups excluding carboxylic acids is 2. The predicted octanol–water partition coefficient (Wildman–Crippen LogP) is 7.88. The Balaban J connectivity index is 1.76. The van der Waals surface area contributed by atoms with Crippen LogP contribution in [0, 0.1) is 0 Å². The first-order chi connectivity index (χ1) is 18.9. The lowest BCUT2D eigenvalue weighted by Crippen LogP contribution is -2.25. The molecule has 6 heteroatoms. The molecule has 0 aromatic heterocycles. The molecule has 0 aliphatic carbocycles. The van der Waals surface area contributed by atoms with Crippen molar-refractivity contribution in [3.63, 3.8) is 0 Å². The van der Waals surface area contributed by atoms with E-state index >= 15 is 0 Å². The first-order valence-electron chi connectivity index (χ1n) is 13.6. The van der Waals surface area contributed by atoms with Gasteiger partial charge in [0, 0.05) is 5.56 Å². The zero-order valence-electron chi connectivity index (χ0n) is 24.2. The molecule has 0 aliphatic heterocycles. The van der Waals surface area contributed by atoms with Crippen LogP contribution in [0.15, 0.2) is 72.8 Å². The van der Waals surface area contributed by atoms with E-state index in [2.05, 4.69) is 30.3 Å². The topological polar surface area (TPSA) is 71.1 Å². The molecule has 6 nitrogen and oxygen atoms in total. The van der Waals surface area contributed by atoms with Gasteiger partial charge in [0.25, 0.3) is 0 Å². The molecule has 4 rings (SSSR count). The maximum atomic E-state index is 12.5. The van der Waals surface area contributed by atoms with E-state index in [1.807, 2.05) is 84.0 Å². The van der Waals surface area contributed by atoms with E-state index in [1.54, 1.807) is 0 Å². The van der Waals surface area contributed by atoms with Crippen LogP contribution in [0.5, 0.6) is 11.5 Å². The summed E-state index contributed by atoms with van der Waals surface area (Å²) in [5.41, 5.74) is 0.701. The van der Waals surface area contributed by atoms with Crippen LogP contribution in [0.3, 0.4) is 0 Å². The second kappa shape index (κ2) is 12.0. The third kappa shape index (κ3) is 7.53. The Bertz CT molecular complexity index is 1500. The third-order valence-electron chi connectivity index (χ3n) is 5.98. The van der Waals surface area contributed by atoms with E-state index < -0.39 is 11.2 Å². The molecular weight excluding hydrogens is 504 g/mol. The average Bonchev–Trinajstić information content (AvgIpc) is 2.86. The monoisotopic (exact) mass is 542 g/mol. The zero-order valence-corrected chi connectivity index (χ0v) is 24.2. The van der Waals surface area contributed by atoms with Gasteiger partial charge in [0.2, 0.25) is 0 Å². The number of rotatable bonds is 9. The van der Waals surface area contributed by atoms with Crippen molar-refractivity contribution in [2.75, 3.05) is 13.2 Å². The Kier molecular flexibility index (Phi) is 8.67. The lowest BCUT2D eigenvalue weighted by molar-refractivity contribution is -0.156. The summed E-state index contributed by atoms with van der Waals surface area (Å²) in [5.74, 6) is 0.333. The van der Waals surface area contributed by atoms with Crippen molar-refractivity contribution in [3.05, 3.63) is 72.8 Å². The van der Waals surface area contributed by atoms with Gasteiger partial charge in [0.1, 0.15) is 11.2 Å². The van der Waals surface area contributed by atoms with E-state index in [-0.39, 0.29) is 38.0 Å². The number of ether oxygens (including phenoxy) is 4. The van der Waals surface area contributed by atoms with Crippen LogP contribution in [0.2, 0.25) is 0 Å². The van der Waals surface area contributed by atoms with Crippen molar-refractivity contribution in [1.29, 1.82) is 0 Å². The van der Waals surface area contributed by atoms with Crippen LogP contribution < -0.4 is 9.47 Å². The summed E-state index contributed by atoms with van der Waals surface area (Å²) in [6, 6.07) is 24.3. The van der Waals surface area contributed by atoms with Crippen molar-refractivity contribution in [3.8, 4) is 22.6 Å². The average molecular weight is 543 g/mol. The van der Waals surface area contributed by atoms with Gasteiger partial charge >= 0.3 is 11.9 Å². The van der Waals surface area contributed by atoms with Crippen LogP contribution >= 0.6 is 0 Å². The molecule has 0 atom stereocenters. The number of esters is 2. The summed E-state index contributed by atoms with van der Waals surface area (Å²) >= 11 is 0. The van der Waals surface area contributed by atoms with Crippen molar-refractivity contribution >= 4 is 33.5 Å². The molecule has 0 saturated carbocycles. The highest BCUT2D eigenvalue weighted by Crippen LogP contribution is 2.46. The lowest BCUT2D eigenvalue weighted by Gasteiger charge is -2.22. The molecule has 0 bridgehead atoms. The molecule has 0 unspecified atom stereocenters. The maximum Gasteiger partial charge on any atom is 0.309 e. The highest BCUT2D eigenvalue weighted by Gasteiger charge is 2.22. The largest absolute Gasteiger partial charge is 0.489 e. The van der Waals surface area contributed by atoms with Gasteiger partial charge in [-0.2, -0.15) is 0 Å². The molecule has 0 fully saturated rings. The number of hydrogen-bond acceptors (Lipinski definition) is 6. The Labute approximate surface area is 236 Å². The zero-order chi connectivity index (χ0) is 28.9. The van der Waals surface area contributed by atoms with Crippen LogP contribution in [0.4, 0.5) is 0 Å². The standard InChI is InChI=1S/C34H38O6/c1-33(2,3)39-29(35)18-20-37-28-22-24-13-8-10-16-26(24)31(27-17-11-14-23-12-7-9-15-25(23)27)32(28)38-21-19-30(36)40-34(4,5)6/h7-17,22H,18-21H2,1-6H3. The Hall–Kier alpha value is -4.06. The minimum Gasteiger partial charge on any atom is -0.489 e. The van der Waals surface area contributed by atoms with Gasteiger partial charge in [-0.05, 0) is 74.7 Å². The minimum absolute atomic E-state index is 0.0798. The van der Waals surface area contributed by atoms with Gasteiger partial charge in [-0.1, -0.05) is 66.7 Å². The van der Waals surface area contributed by atoms with Gasteiger partial charge in [-0.25, -0.2) is 0 Å². The Morgan fingerprint density at radius 2 is 1.15 bits per heavy atom. The predicted molar refractivity (Wildman–Crippen MR) is 159 cm³/mol. The molecule has 0 amide bonds. The molecular formula is C34H38O6. The Morgan fingerprint density at radius 3 is 1.77 bits per heavy atom. The summed E-state index contributed by atoms with van der Waals surface area (Å²) in [5, 5.41) is 4.13. The van der Waals surface area contributed by atoms with Gasteiger partial charge in [0.15, 0.2) is 11.5 Å². The maximum absolute atomic E-state index is 12.5. The fourth-order valence-corrected chi connectivity index (χ4v) is 4.53. The van der Waals surface area contributed by atoms with Crippen LogP contribution in [0.1, 0.15) is 54.4 Å². The first kappa shape index (κ1) is 28.9. The highest BCUT2D eigenvalue weighted by atomic mass is 16.6. The van der Waals surface area contributed by atoms with Crippen LogP contribution in [-0.2, 0) is 19.1 Å². The minimum atomic E-state index is -0.579. The molecule has 0 spiro atoms. The fraction of sp³-hybridized carbons (Fsp3) is 0.353. The number of benzene rings is 4. The molecule has 40 heavy (non-hydrogen) atoms. The normalized spacial score (nSPS) is 11.8. The second-order valence-electron chi connectivity index (χ2n) is 11.7. The van der Waals surface area contributed by atoms with Crippen molar-refractivity contribution < 1.29 is 28.5 Å². The molecule has 0 N–H and O–H groups in total. The van der Waals surface area contributed by atoms with Gasteiger partial charge in [-0.3, -0.25) is 9.59 Å². The number of hydrogen-bond donors (Lipinski definition) is 0. The van der Waals surface area contributed by atoms with Crippen molar-refractivity contribution in [2.45, 2.75) is 65.6 Å². The van der Waals surface area contributed by atoms with Gasteiger partial charge in [-0.15, -0.1) is 0 Å². The smallest absolute Gasteiger partial charge is 0.309 e. The van der Waals surface area contributed by atoms with E-state index in [9.17, 15) is 9.59 Å². The molecule has 0 heterocycles. The summed E-state index contributed by atoms with van der Waals surface area (Å²) in [6.45, 7) is 11.2. The quantitative estimate of drug-likeness (QED) is 0.200. The summed E-state index contributed by atoms with van der Waals surface area (Å²) in [7, 11) is 0. The molecule has 0 saturated heterocycles. The molecule has 4 aromatic carbocycles. The van der Waals surface area contributed by atoms with Gasteiger partial charge < -0.3 is 18.9 Å². The molecule has 0 radical (unpaired) electrons. The highest BCUT2D eigenvalue weighted by molar-refractivity contribution is 6.08. The number of carbonyl (C=O) groups is 2. The Morgan fingerprint density at radius 1 is 0.625 bits per heavy atom. The summed E-state index contributed by atoms with van der Waals surface area (Å²) < 4.78 is 23.5. The SMILES string of the molecule is CC(C)(C)OC(=O)CCOc1cc2ccccc2c(-c2cccc3ccccc23)c1OCCC(=O)OC(C)(C)C. The van der Waals surface area contributed by atoms with Crippen molar-refractivity contribution in [1.82, 2.24) is 0 Å².